The van der Waals surface area contributed by atoms with Crippen LogP contribution in [0.3, 0.4) is 0 Å². The lowest BCUT2D eigenvalue weighted by atomic mass is 9.99. The van der Waals surface area contributed by atoms with Crippen molar-refractivity contribution in [3.63, 3.8) is 0 Å². The minimum absolute atomic E-state index is 0.462. The predicted molar refractivity (Wildman–Crippen MR) is 41.8 cm³/mol. The molecule has 0 saturated carbocycles. The highest BCUT2D eigenvalue weighted by molar-refractivity contribution is 4.96. The van der Waals surface area contributed by atoms with Crippen molar-refractivity contribution in [1.82, 2.24) is 4.90 Å². The Kier molecular flexibility index (Phi) is 1.46. The quantitative estimate of drug-likeness (QED) is 0.533. The van der Waals surface area contributed by atoms with E-state index in [-0.39, 0.29) is 0 Å². The van der Waals surface area contributed by atoms with Crippen LogP contribution in [0.2, 0.25) is 0 Å². The van der Waals surface area contributed by atoms with Gasteiger partial charge in [0.1, 0.15) is 0 Å². The largest absolute Gasteiger partial charge is 0.326 e. The van der Waals surface area contributed by atoms with E-state index in [9.17, 15) is 0 Å². The van der Waals surface area contributed by atoms with E-state index in [4.69, 9.17) is 5.73 Å². The van der Waals surface area contributed by atoms with Crippen molar-refractivity contribution in [1.29, 1.82) is 0 Å². The minimum atomic E-state index is 0.462. The summed E-state index contributed by atoms with van der Waals surface area (Å²) in [6.07, 6.45) is 5.30. The molecule has 10 heavy (non-hydrogen) atoms. The van der Waals surface area contributed by atoms with E-state index in [2.05, 4.69) is 11.9 Å². The van der Waals surface area contributed by atoms with Gasteiger partial charge in [-0.2, -0.15) is 0 Å². The summed E-state index contributed by atoms with van der Waals surface area (Å²) >= 11 is 0. The number of rotatable bonds is 0. The summed E-state index contributed by atoms with van der Waals surface area (Å²) in [7, 11) is 2.22. The molecular weight excluding hydrogens is 124 g/mol. The molecule has 2 aliphatic heterocycles. The molecule has 2 nitrogen and oxygen atoms in total. The van der Waals surface area contributed by atoms with Crippen molar-refractivity contribution in [2.24, 2.45) is 5.73 Å². The van der Waals surface area contributed by atoms with Gasteiger partial charge in [-0.15, -0.1) is 0 Å². The molecule has 0 amide bonds. The molecule has 2 saturated heterocycles. The second-order valence-corrected chi connectivity index (χ2v) is 3.71. The summed E-state index contributed by atoms with van der Waals surface area (Å²) in [6.45, 7) is 0. The molecule has 0 aliphatic carbocycles. The van der Waals surface area contributed by atoms with Gasteiger partial charge in [0.2, 0.25) is 0 Å². The van der Waals surface area contributed by atoms with Crippen molar-refractivity contribution >= 4 is 0 Å². The zero-order chi connectivity index (χ0) is 7.14. The Morgan fingerprint density at radius 3 is 2.60 bits per heavy atom. The maximum atomic E-state index is 5.96. The molecule has 2 N–H and O–H groups in total. The molecule has 0 aromatic carbocycles. The zero-order valence-electron chi connectivity index (χ0n) is 6.59. The molecule has 2 aliphatic rings. The van der Waals surface area contributed by atoms with E-state index in [1.807, 2.05) is 0 Å². The van der Waals surface area contributed by atoms with E-state index >= 15 is 0 Å². The fraction of sp³-hybridized carbons (Fsp3) is 1.00. The van der Waals surface area contributed by atoms with Crippen LogP contribution in [0, 0.1) is 0 Å². The molecule has 3 atom stereocenters. The molecule has 2 bridgehead atoms. The Morgan fingerprint density at radius 2 is 1.90 bits per heavy atom. The second kappa shape index (κ2) is 2.21. The van der Waals surface area contributed by atoms with Crippen LogP contribution >= 0.6 is 0 Å². The number of hydrogen-bond acceptors (Lipinski definition) is 2. The van der Waals surface area contributed by atoms with Crippen LogP contribution in [0.4, 0.5) is 0 Å². The summed E-state index contributed by atoms with van der Waals surface area (Å²) in [5, 5.41) is 0. The number of likely N-dealkylation sites (N-methyl/N-ethyl adjacent to an activating group) is 1. The fourth-order valence-corrected chi connectivity index (χ4v) is 2.48. The molecule has 0 aromatic heterocycles. The summed E-state index contributed by atoms with van der Waals surface area (Å²) in [6, 6.07) is 2.03. The van der Waals surface area contributed by atoms with Crippen LogP contribution < -0.4 is 5.73 Å². The second-order valence-electron chi connectivity index (χ2n) is 3.71. The standard InChI is InChI=1S/C8H16N2/c1-10-6-2-4-7(9)8(10)5-3-6/h6-8H,2-5,9H2,1H3/t6-,7+,8-/m0/s1. The summed E-state index contributed by atoms with van der Waals surface area (Å²) in [4.78, 5) is 2.48. The molecule has 0 radical (unpaired) electrons. The van der Waals surface area contributed by atoms with E-state index in [1.165, 1.54) is 25.7 Å². The molecular formula is C8H16N2. The molecule has 0 unspecified atom stereocenters. The van der Waals surface area contributed by atoms with Gasteiger partial charge in [0, 0.05) is 18.1 Å². The first-order chi connectivity index (χ1) is 4.79. The Balaban J connectivity index is 2.13. The molecule has 2 rings (SSSR count). The first kappa shape index (κ1) is 6.62. The van der Waals surface area contributed by atoms with Gasteiger partial charge >= 0.3 is 0 Å². The molecule has 58 valence electrons. The Morgan fingerprint density at radius 1 is 1.20 bits per heavy atom. The van der Waals surface area contributed by atoms with Gasteiger partial charge in [-0.3, -0.25) is 4.90 Å². The van der Waals surface area contributed by atoms with Crippen molar-refractivity contribution in [2.75, 3.05) is 7.05 Å². The average Bonchev–Trinajstić information content (AvgIpc) is 2.13. The lowest BCUT2D eigenvalue weighted by molar-refractivity contribution is 0.158. The smallest absolute Gasteiger partial charge is 0.0247 e. The third-order valence-corrected chi connectivity index (χ3v) is 3.22. The van der Waals surface area contributed by atoms with Gasteiger partial charge in [-0.25, -0.2) is 0 Å². The Hall–Kier alpha value is -0.0800. The van der Waals surface area contributed by atoms with E-state index in [0.717, 1.165) is 6.04 Å². The van der Waals surface area contributed by atoms with Gasteiger partial charge in [0.15, 0.2) is 0 Å². The third kappa shape index (κ3) is 0.789. The van der Waals surface area contributed by atoms with Crippen LogP contribution in [0.15, 0.2) is 0 Å². The number of piperidine rings is 1. The zero-order valence-corrected chi connectivity index (χ0v) is 6.59. The normalized spacial score (nSPS) is 48.0. The van der Waals surface area contributed by atoms with Gasteiger partial charge in [-0.05, 0) is 32.7 Å². The van der Waals surface area contributed by atoms with Crippen LogP contribution in [0.25, 0.3) is 0 Å². The number of hydrogen-bond donors (Lipinski definition) is 1. The van der Waals surface area contributed by atoms with Crippen LogP contribution in [0.1, 0.15) is 25.7 Å². The summed E-state index contributed by atoms with van der Waals surface area (Å²) in [5.41, 5.74) is 5.96. The van der Waals surface area contributed by atoms with Crippen molar-refractivity contribution in [3.05, 3.63) is 0 Å². The number of fused-ring (bicyclic) bond motifs is 2. The van der Waals surface area contributed by atoms with E-state index < -0.39 is 0 Å². The summed E-state index contributed by atoms with van der Waals surface area (Å²) in [5.74, 6) is 0. The molecule has 2 fully saturated rings. The highest BCUT2D eigenvalue weighted by atomic mass is 15.2. The van der Waals surface area contributed by atoms with Crippen molar-refractivity contribution in [2.45, 2.75) is 43.8 Å². The van der Waals surface area contributed by atoms with Gasteiger partial charge < -0.3 is 5.73 Å². The van der Waals surface area contributed by atoms with Crippen LogP contribution in [-0.4, -0.2) is 30.1 Å². The van der Waals surface area contributed by atoms with Crippen molar-refractivity contribution in [3.8, 4) is 0 Å². The van der Waals surface area contributed by atoms with Crippen molar-refractivity contribution < 1.29 is 0 Å². The molecule has 0 spiro atoms. The number of nitrogens with two attached hydrogens (primary N) is 1. The first-order valence-corrected chi connectivity index (χ1v) is 4.26. The lowest BCUT2D eigenvalue weighted by Crippen LogP contribution is -2.48. The van der Waals surface area contributed by atoms with E-state index in [1.54, 1.807) is 0 Å². The highest BCUT2D eigenvalue weighted by Gasteiger charge is 2.37. The number of nitrogens with zero attached hydrogens (tertiary/aromatic N) is 1. The third-order valence-electron chi connectivity index (χ3n) is 3.22. The SMILES string of the molecule is CN1[C@H]2CC[C@@H](N)[C@@H]1CC2. The Labute approximate surface area is 62.4 Å². The maximum absolute atomic E-state index is 5.96. The fourth-order valence-electron chi connectivity index (χ4n) is 2.48. The average molecular weight is 140 g/mol. The van der Waals surface area contributed by atoms with Gasteiger partial charge in [0.25, 0.3) is 0 Å². The van der Waals surface area contributed by atoms with Crippen LogP contribution in [0.5, 0.6) is 0 Å². The van der Waals surface area contributed by atoms with Crippen LogP contribution in [-0.2, 0) is 0 Å². The first-order valence-electron chi connectivity index (χ1n) is 4.26. The van der Waals surface area contributed by atoms with E-state index in [0.29, 0.717) is 12.1 Å². The molecule has 2 heterocycles. The topological polar surface area (TPSA) is 29.3 Å². The van der Waals surface area contributed by atoms with Gasteiger partial charge in [-0.1, -0.05) is 0 Å². The van der Waals surface area contributed by atoms with Gasteiger partial charge in [0.05, 0.1) is 0 Å². The predicted octanol–water partition coefficient (Wildman–Crippen LogP) is 0.570. The molecule has 2 heteroatoms. The highest BCUT2D eigenvalue weighted by Crippen LogP contribution is 2.32. The monoisotopic (exact) mass is 140 g/mol. The minimum Gasteiger partial charge on any atom is -0.326 e. The summed E-state index contributed by atoms with van der Waals surface area (Å²) < 4.78 is 0. The maximum Gasteiger partial charge on any atom is 0.0247 e. The Bertz CT molecular complexity index is 135. The lowest BCUT2D eigenvalue weighted by Gasteiger charge is -2.35. The molecule has 0 aromatic rings.